The molecule has 1 aliphatic heterocycles. The van der Waals surface area contributed by atoms with Crippen LogP contribution >= 0.6 is 0 Å². The number of nitrogens with one attached hydrogen (secondary N) is 3. The zero-order valence-corrected chi connectivity index (χ0v) is 9.71. The van der Waals surface area contributed by atoms with Crippen LogP contribution in [0.4, 0.5) is 5.82 Å². The predicted octanol–water partition coefficient (Wildman–Crippen LogP) is 0.909. The molecule has 1 aliphatic rings. The highest BCUT2D eigenvalue weighted by Gasteiger charge is 2.29. The second kappa shape index (κ2) is 4.65. The van der Waals surface area contributed by atoms with Crippen molar-refractivity contribution < 1.29 is 4.79 Å². The van der Waals surface area contributed by atoms with E-state index >= 15 is 0 Å². The maximum Gasteiger partial charge on any atom is 0.230 e. The van der Waals surface area contributed by atoms with Crippen molar-refractivity contribution >= 4 is 11.7 Å². The van der Waals surface area contributed by atoms with Gasteiger partial charge < -0.3 is 10.6 Å². The van der Waals surface area contributed by atoms with Gasteiger partial charge in [-0.3, -0.25) is 9.89 Å². The van der Waals surface area contributed by atoms with E-state index in [0.29, 0.717) is 5.82 Å². The first-order valence-corrected chi connectivity index (χ1v) is 5.79. The molecule has 2 heterocycles. The van der Waals surface area contributed by atoms with Gasteiger partial charge in [0.2, 0.25) is 5.91 Å². The Bertz CT molecular complexity index is 374. The molecule has 0 spiro atoms. The van der Waals surface area contributed by atoms with E-state index in [1.54, 1.807) is 0 Å². The minimum absolute atomic E-state index is 0.0572. The summed E-state index contributed by atoms with van der Waals surface area (Å²) in [6.45, 7) is 5.00. The molecule has 1 fully saturated rings. The average Bonchev–Trinajstić information content (AvgIpc) is 2.86. The van der Waals surface area contributed by atoms with Crippen LogP contribution in [-0.4, -0.2) is 28.7 Å². The highest BCUT2D eigenvalue weighted by molar-refractivity contribution is 5.92. The molecular formula is C11H18N4O. The molecule has 0 bridgehead atoms. The molecule has 5 nitrogen and oxygen atoms in total. The highest BCUT2D eigenvalue weighted by atomic mass is 16.2. The molecule has 1 saturated heterocycles. The molecule has 16 heavy (non-hydrogen) atoms. The SMILES string of the molecule is CCc1cc(NC(=O)C2CCNC2C)n[nH]1. The lowest BCUT2D eigenvalue weighted by Gasteiger charge is -2.13. The molecule has 0 radical (unpaired) electrons. The minimum Gasteiger partial charge on any atom is -0.313 e. The lowest BCUT2D eigenvalue weighted by molar-refractivity contribution is -0.120. The molecule has 0 aromatic carbocycles. The Balaban J connectivity index is 1.96. The number of hydrogen-bond donors (Lipinski definition) is 3. The van der Waals surface area contributed by atoms with Gasteiger partial charge in [-0.25, -0.2) is 0 Å². The number of amides is 1. The lowest BCUT2D eigenvalue weighted by atomic mass is 10.0. The molecule has 1 amide bonds. The number of aromatic amines is 1. The molecule has 2 atom stereocenters. The van der Waals surface area contributed by atoms with E-state index < -0.39 is 0 Å². The van der Waals surface area contributed by atoms with Crippen LogP contribution in [0.5, 0.6) is 0 Å². The van der Waals surface area contributed by atoms with Crippen molar-refractivity contribution in [1.29, 1.82) is 0 Å². The first kappa shape index (κ1) is 11.1. The number of rotatable bonds is 3. The standard InChI is InChI=1S/C11H18N4O/c1-3-8-6-10(15-14-8)13-11(16)9-4-5-12-7(9)2/h6-7,9,12H,3-5H2,1-2H3,(H2,13,14,15,16). The Morgan fingerprint density at radius 1 is 1.69 bits per heavy atom. The van der Waals surface area contributed by atoms with Gasteiger partial charge in [-0.05, 0) is 26.3 Å². The fourth-order valence-corrected chi connectivity index (χ4v) is 2.04. The number of carbonyl (C=O) groups is 1. The molecule has 1 aromatic rings. The number of aromatic nitrogens is 2. The van der Waals surface area contributed by atoms with Gasteiger partial charge in [0.15, 0.2) is 5.82 Å². The molecule has 0 aliphatic carbocycles. The number of carbonyl (C=O) groups excluding carboxylic acids is 1. The third-order valence-corrected chi connectivity index (χ3v) is 3.13. The Labute approximate surface area is 95.0 Å². The zero-order chi connectivity index (χ0) is 11.5. The Morgan fingerprint density at radius 2 is 2.50 bits per heavy atom. The number of H-pyrrole nitrogens is 1. The van der Waals surface area contributed by atoms with Crippen LogP contribution in [0, 0.1) is 5.92 Å². The molecule has 5 heteroatoms. The van der Waals surface area contributed by atoms with E-state index in [1.807, 2.05) is 19.9 Å². The van der Waals surface area contributed by atoms with Crippen molar-refractivity contribution in [3.8, 4) is 0 Å². The zero-order valence-electron chi connectivity index (χ0n) is 9.71. The normalized spacial score (nSPS) is 24.6. The molecule has 0 saturated carbocycles. The molecule has 3 N–H and O–H groups in total. The monoisotopic (exact) mass is 222 g/mol. The summed E-state index contributed by atoms with van der Waals surface area (Å²) in [4.78, 5) is 11.9. The van der Waals surface area contributed by atoms with Crippen LogP contribution in [-0.2, 0) is 11.2 Å². The third-order valence-electron chi connectivity index (χ3n) is 3.13. The number of anilines is 1. The summed E-state index contributed by atoms with van der Waals surface area (Å²) in [5.74, 6) is 0.745. The largest absolute Gasteiger partial charge is 0.313 e. The third kappa shape index (κ3) is 2.24. The predicted molar refractivity (Wildman–Crippen MR) is 62.2 cm³/mol. The molecule has 88 valence electrons. The van der Waals surface area contributed by atoms with Gasteiger partial charge in [-0.15, -0.1) is 0 Å². The van der Waals surface area contributed by atoms with Crippen molar-refractivity contribution in [3.63, 3.8) is 0 Å². The number of aryl methyl sites for hydroxylation is 1. The van der Waals surface area contributed by atoms with Crippen molar-refractivity contribution in [2.24, 2.45) is 5.92 Å². The van der Waals surface area contributed by atoms with Gasteiger partial charge in [0.1, 0.15) is 0 Å². The molecule has 1 aromatic heterocycles. The van der Waals surface area contributed by atoms with Gasteiger partial charge >= 0.3 is 0 Å². The van der Waals surface area contributed by atoms with Crippen LogP contribution in [0.2, 0.25) is 0 Å². The van der Waals surface area contributed by atoms with Crippen LogP contribution in [0.1, 0.15) is 26.0 Å². The second-order valence-electron chi connectivity index (χ2n) is 4.26. The van der Waals surface area contributed by atoms with E-state index in [2.05, 4.69) is 20.8 Å². The maximum absolute atomic E-state index is 11.9. The van der Waals surface area contributed by atoms with Crippen molar-refractivity contribution in [1.82, 2.24) is 15.5 Å². The summed E-state index contributed by atoms with van der Waals surface area (Å²) in [6, 6.07) is 2.13. The van der Waals surface area contributed by atoms with E-state index in [-0.39, 0.29) is 17.9 Å². The Kier molecular flexibility index (Phi) is 3.24. The number of hydrogen-bond acceptors (Lipinski definition) is 3. The van der Waals surface area contributed by atoms with Crippen LogP contribution in [0.3, 0.4) is 0 Å². The topological polar surface area (TPSA) is 69.8 Å². The van der Waals surface area contributed by atoms with Crippen LogP contribution < -0.4 is 10.6 Å². The number of nitrogens with zero attached hydrogens (tertiary/aromatic N) is 1. The summed E-state index contributed by atoms with van der Waals surface area (Å²) in [5, 5.41) is 13.0. The van der Waals surface area contributed by atoms with Gasteiger partial charge in [-0.1, -0.05) is 6.92 Å². The summed E-state index contributed by atoms with van der Waals surface area (Å²) >= 11 is 0. The maximum atomic E-state index is 11.9. The first-order valence-electron chi connectivity index (χ1n) is 5.79. The van der Waals surface area contributed by atoms with Crippen molar-refractivity contribution in [2.75, 3.05) is 11.9 Å². The quantitative estimate of drug-likeness (QED) is 0.712. The minimum atomic E-state index is 0.0572. The van der Waals surface area contributed by atoms with E-state index in [0.717, 1.165) is 25.1 Å². The smallest absolute Gasteiger partial charge is 0.230 e. The fourth-order valence-electron chi connectivity index (χ4n) is 2.04. The summed E-state index contributed by atoms with van der Waals surface area (Å²) < 4.78 is 0. The lowest BCUT2D eigenvalue weighted by Crippen LogP contribution is -2.32. The molecule has 2 unspecified atom stereocenters. The van der Waals surface area contributed by atoms with Gasteiger partial charge in [0.25, 0.3) is 0 Å². The van der Waals surface area contributed by atoms with Crippen molar-refractivity contribution in [2.45, 2.75) is 32.7 Å². The summed E-state index contributed by atoms with van der Waals surface area (Å²) in [7, 11) is 0. The van der Waals surface area contributed by atoms with Crippen molar-refractivity contribution in [3.05, 3.63) is 11.8 Å². The van der Waals surface area contributed by atoms with E-state index in [9.17, 15) is 4.79 Å². The summed E-state index contributed by atoms with van der Waals surface area (Å²) in [6.07, 6.45) is 1.79. The van der Waals surface area contributed by atoms with E-state index in [4.69, 9.17) is 0 Å². The fraction of sp³-hybridized carbons (Fsp3) is 0.636. The first-order chi connectivity index (χ1) is 7.70. The van der Waals surface area contributed by atoms with Gasteiger partial charge in [0, 0.05) is 17.8 Å². The molecule has 2 rings (SSSR count). The molecular weight excluding hydrogens is 204 g/mol. The van der Waals surface area contributed by atoms with Gasteiger partial charge in [-0.2, -0.15) is 5.10 Å². The summed E-state index contributed by atoms with van der Waals surface area (Å²) in [5.41, 5.74) is 1.04. The van der Waals surface area contributed by atoms with Crippen LogP contribution in [0.15, 0.2) is 6.07 Å². The second-order valence-corrected chi connectivity index (χ2v) is 4.26. The highest BCUT2D eigenvalue weighted by Crippen LogP contribution is 2.17. The van der Waals surface area contributed by atoms with Gasteiger partial charge in [0.05, 0.1) is 5.92 Å². The van der Waals surface area contributed by atoms with E-state index in [1.165, 1.54) is 0 Å². The van der Waals surface area contributed by atoms with Crippen LogP contribution in [0.25, 0.3) is 0 Å². The Hall–Kier alpha value is -1.36. The average molecular weight is 222 g/mol. The Morgan fingerprint density at radius 3 is 3.06 bits per heavy atom.